The molecule has 0 saturated carbocycles. The first kappa shape index (κ1) is 106. The number of fused-ring (bicyclic) bond motifs is 5. The summed E-state index contributed by atoms with van der Waals surface area (Å²) in [6, 6.07) is 16.0. The molecule has 10 N–H and O–H groups in total. The van der Waals surface area contributed by atoms with E-state index >= 15 is 0 Å². The number of aromatic hydroxyl groups is 2. The third-order valence-corrected chi connectivity index (χ3v) is 16.2. The zero-order valence-electron chi connectivity index (χ0n) is 65.7. The van der Waals surface area contributed by atoms with Crippen molar-refractivity contribution in [2.24, 2.45) is 5.73 Å². The van der Waals surface area contributed by atoms with E-state index < -0.39 is 45.9 Å². The number of likely N-dealkylation sites (tertiary alicyclic amines) is 2. The average molecular weight is 1830 g/mol. The number of ether oxygens (including phenoxy) is 4. The monoisotopic (exact) mass is 1820 g/mol. The molecular formula is C74H86Cl7K2N16O17P. The number of carbonyl (C=O) groups is 5. The van der Waals surface area contributed by atoms with Crippen molar-refractivity contribution >= 4 is 182 Å². The molecule has 0 bridgehead atoms. The third-order valence-electron chi connectivity index (χ3n) is 15.3. The number of carbonyl (C=O) groups excluding carboxylic acids is 5. The van der Waals surface area contributed by atoms with Crippen molar-refractivity contribution in [2.75, 3.05) is 90.3 Å². The van der Waals surface area contributed by atoms with Crippen molar-refractivity contribution in [2.45, 2.75) is 78.6 Å². The molecule has 43 heteroatoms. The van der Waals surface area contributed by atoms with Crippen LogP contribution < -0.4 is 141 Å². The number of halogens is 7. The molecule has 11 aromatic heterocycles. The second-order valence-corrected chi connectivity index (χ2v) is 31.7. The number of hydrogen-bond donors (Lipinski definition) is 8. The summed E-state index contributed by atoms with van der Waals surface area (Å²) in [5.41, 5.74) is 14.4. The molecule has 11 aromatic rings. The summed E-state index contributed by atoms with van der Waals surface area (Å²) in [7, 11) is 1.30. The molecule has 33 nitrogen and oxygen atoms in total. The van der Waals surface area contributed by atoms with Crippen LogP contribution in [0.15, 0.2) is 149 Å². The first-order valence-corrected chi connectivity index (χ1v) is 41.0. The Morgan fingerprint density at radius 1 is 0.607 bits per heavy atom. The third kappa shape index (κ3) is 41.4. The number of piperidine rings is 2. The van der Waals surface area contributed by atoms with Crippen molar-refractivity contribution in [3.63, 3.8) is 0 Å². The summed E-state index contributed by atoms with van der Waals surface area (Å²) in [5, 5.41) is 33.0. The van der Waals surface area contributed by atoms with E-state index in [2.05, 4.69) is 123 Å². The fourth-order valence-electron chi connectivity index (χ4n) is 10.3. The van der Waals surface area contributed by atoms with Crippen molar-refractivity contribution < 1.29 is 172 Å². The van der Waals surface area contributed by atoms with Gasteiger partial charge >= 0.3 is 132 Å². The van der Waals surface area contributed by atoms with Crippen LogP contribution in [-0.4, -0.2) is 184 Å². The van der Waals surface area contributed by atoms with Gasteiger partial charge in [-0.2, -0.15) is 0 Å². The second-order valence-electron chi connectivity index (χ2n) is 23.4. The van der Waals surface area contributed by atoms with Crippen LogP contribution in [-0.2, 0) is 42.8 Å². The summed E-state index contributed by atoms with van der Waals surface area (Å²) < 4.78 is 27.7. The zero-order chi connectivity index (χ0) is 84.7. The van der Waals surface area contributed by atoms with Gasteiger partial charge in [0, 0.05) is 115 Å². The van der Waals surface area contributed by atoms with Crippen LogP contribution in [0.4, 0.5) is 11.4 Å². The summed E-state index contributed by atoms with van der Waals surface area (Å²) >= 11 is 37.2. The Hall–Kier alpha value is -6.73. The summed E-state index contributed by atoms with van der Waals surface area (Å²) in [6.07, 6.45) is 29.1. The molecule has 0 aliphatic carbocycles. The summed E-state index contributed by atoms with van der Waals surface area (Å²) in [4.78, 5) is 133. The van der Waals surface area contributed by atoms with Crippen LogP contribution in [0, 0.1) is 0 Å². The van der Waals surface area contributed by atoms with E-state index in [1.54, 1.807) is 82.1 Å². The smallest absolute Gasteiger partial charge is 1.00 e. The Morgan fingerprint density at radius 2 is 1.06 bits per heavy atom. The van der Waals surface area contributed by atoms with Crippen molar-refractivity contribution in [1.29, 1.82) is 0 Å². The number of anilines is 2. The van der Waals surface area contributed by atoms with Crippen LogP contribution in [0.3, 0.4) is 0 Å². The molecular weight excluding hydrogens is 1740 g/mol. The minimum Gasteiger partial charge on any atom is -1.00 e. The molecule has 0 radical (unpaired) electrons. The number of nitrogens with two attached hydrogens (primary N) is 2. The maximum atomic E-state index is 11.6. The van der Waals surface area contributed by atoms with Crippen LogP contribution in [0.2, 0.25) is 20.5 Å². The van der Waals surface area contributed by atoms with E-state index in [0.717, 1.165) is 53.1 Å². The molecule has 117 heavy (non-hydrogen) atoms. The topological polar surface area (TPSA) is 484 Å². The number of nitrogens with one attached hydrogen (secondary N) is 4. The van der Waals surface area contributed by atoms with Gasteiger partial charge in [-0.1, -0.05) is 59.2 Å². The number of hydrogen-bond acceptors (Lipinski definition) is 30. The molecule has 2 aliphatic rings. The fourth-order valence-corrected chi connectivity index (χ4v) is 11.2. The van der Waals surface area contributed by atoms with Gasteiger partial charge in [-0.3, -0.25) is 63.2 Å². The van der Waals surface area contributed by atoms with E-state index in [-0.39, 0.29) is 154 Å². The maximum absolute atomic E-state index is 11.6. The van der Waals surface area contributed by atoms with Gasteiger partial charge in [-0.05, 0) is 187 Å². The number of aromatic nitrogens is 11. The zero-order valence-corrected chi connectivity index (χ0v) is 77.1. The van der Waals surface area contributed by atoms with Crippen LogP contribution in [0.25, 0.3) is 54.5 Å². The predicted octanol–water partition coefficient (Wildman–Crippen LogP) is 6.66. The molecule has 0 spiro atoms. The molecule has 13 heterocycles. The molecule has 2 saturated heterocycles. The Bertz CT molecular complexity index is 5120. The van der Waals surface area contributed by atoms with Gasteiger partial charge in [-0.25, -0.2) is 19.6 Å². The Balaban J connectivity index is 0.000000669. The Morgan fingerprint density at radius 3 is 1.57 bits per heavy atom. The van der Waals surface area contributed by atoms with Crippen molar-refractivity contribution in [3.05, 3.63) is 198 Å². The molecule has 13 rings (SSSR count). The fraction of sp³-hybridized carbons (Fsp3) is 0.324. The van der Waals surface area contributed by atoms with Crippen molar-refractivity contribution in [3.8, 4) is 11.5 Å². The molecule has 0 atom stereocenters. The standard InChI is InChI=1S/C16H21ClN4.C11H10N2O4.C8H4Cl2N2.C8H5ClN2O.C8H6N2O2.C8H18N2.C7H8N2O2.C7H12O4.CH2O3.Cl3OP.2K.H/c17-16-11-15(13-12-18-7-5-14(13)20-16)19-6-4-10-21-8-2-1-3-9-21;1-2-17-11(16)8-9(14)6-5-12-4-3-7(6)13-10(8)15;9-6-3-8(10)12-7-1-2-11-4-5(6)7;9-8-3-7(12)5-4-10-2-1-6(5)11-8;11-7-3-8(12)10-6-1-2-9-4-5(6)7;9-5-4-8-10-6-2-1-3-7-10;1-11-7(10)5-4-9-3-2-6(5)8;1-3-10-6(8)5-7(9)11-4-2;2-1-4-3;1-5(2,3)4;;;/h5,7,11-12H,1-4,6,8-10H2,(H,19,20);3-5H,2H2,1H3,(H2,13,14,15);1-4H;1-4H,(H,11,12);1-4H,(H2,10,11,12);1-9H2;2-4H,1H3,(H2,8,9);3-5H2,1-2H3;1,3H;;;;/q;;;;;;;;;;2*+1;-1/p-1. The molecule has 2 fully saturated rings. The number of H-pyrrole nitrogens is 3. The molecule has 0 aromatic carbocycles. The van der Waals surface area contributed by atoms with E-state index in [4.69, 9.17) is 72.7 Å². The minimum absolute atomic E-state index is 0. The molecule has 620 valence electrons. The second kappa shape index (κ2) is 59.9. The largest absolute Gasteiger partial charge is 1.00 e. The van der Waals surface area contributed by atoms with Crippen LogP contribution in [0.1, 0.15) is 101 Å². The van der Waals surface area contributed by atoms with Gasteiger partial charge in [0.1, 0.15) is 38.9 Å². The quantitative estimate of drug-likeness (QED) is 0.00479. The number of nitrogen functional groups attached to an aromatic ring is 1. The van der Waals surface area contributed by atoms with Crippen molar-refractivity contribution in [1.82, 2.24) is 64.6 Å². The minimum atomic E-state index is -3.22. The number of pyridine rings is 11. The van der Waals surface area contributed by atoms with Gasteiger partial charge < -0.3 is 82.3 Å². The normalized spacial score (nSPS) is 11.8. The number of methoxy groups -OCH3 is 1. The predicted molar refractivity (Wildman–Crippen MR) is 444 cm³/mol. The van der Waals surface area contributed by atoms with Gasteiger partial charge in [0.2, 0.25) is 0 Å². The number of rotatable bonds is 16. The average Bonchev–Trinajstić information content (AvgIpc) is 0.784. The first-order valence-electron chi connectivity index (χ1n) is 35.1. The van der Waals surface area contributed by atoms with Crippen LogP contribution >= 0.6 is 85.3 Å². The molecule has 0 amide bonds. The first-order chi connectivity index (χ1) is 55.1. The van der Waals surface area contributed by atoms with Gasteiger partial charge in [0.15, 0.2) is 11.0 Å². The van der Waals surface area contributed by atoms with Gasteiger partial charge in [0.05, 0.1) is 75.7 Å². The van der Waals surface area contributed by atoms with Gasteiger partial charge in [-0.15, -0.1) is 0 Å². The molecule has 2 aliphatic heterocycles. The molecule has 0 unspecified atom stereocenters. The van der Waals surface area contributed by atoms with E-state index in [9.17, 15) is 48.3 Å². The number of nitrogens with zero attached hydrogens (tertiary/aromatic N) is 10. The SMILES string of the molecule is CCOC(=O)CC(=O)OCC.CCOC(=O)c1c(O)c2cnccc2[nH]c1=O.COC(=O)c1cnccc1N.Clc1cc(Cl)c2cnccc2n1.Clc1cc(NCCCN2CCCCC2)c2cnccc2n1.NCCCN1CCCCC1.O=CO[O-].O=P(Cl)(Cl)Cl.O=c1cc(Cl)[nH]c2ccncc12.O=c1cc(O)c2cnccc2[nH]1.[H-].[K+].[K+]. The maximum Gasteiger partial charge on any atom is 1.00 e. The number of aromatic amines is 3. The Labute approximate surface area is 792 Å². The Kier molecular flexibility index (Phi) is 54.4. The summed E-state index contributed by atoms with van der Waals surface area (Å²) in [5.74, 6) is -2.83. The van der Waals surface area contributed by atoms with E-state index in [1.165, 1.54) is 141 Å². The number of esters is 4. The van der Waals surface area contributed by atoms with Crippen LogP contribution in [0.5, 0.6) is 11.5 Å². The summed E-state index contributed by atoms with van der Waals surface area (Å²) in [6.45, 7) is 14.8. The van der Waals surface area contributed by atoms with E-state index in [1.807, 2.05) is 18.3 Å². The van der Waals surface area contributed by atoms with Gasteiger partial charge in [0.25, 0.3) is 17.6 Å². The van der Waals surface area contributed by atoms with E-state index in [0.29, 0.717) is 64.4 Å².